The first-order chi connectivity index (χ1) is 16.3. The highest BCUT2D eigenvalue weighted by atomic mass is 35.5. The molecule has 7 nitrogen and oxygen atoms in total. The van der Waals surface area contributed by atoms with Crippen LogP contribution in [0.2, 0.25) is 5.02 Å². The third-order valence-corrected chi connectivity index (χ3v) is 6.24. The van der Waals surface area contributed by atoms with Crippen molar-refractivity contribution in [2.24, 2.45) is 0 Å². The zero-order valence-electron chi connectivity index (χ0n) is 19.9. The summed E-state index contributed by atoms with van der Waals surface area (Å²) in [7, 11) is 0. The number of aryl methyl sites for hydroxylation is 4. The second-order valence-corrected chi connectivity index (χ2v) is 8.73. The van der Waals surface area contributed by atoms with Crippen LogP contribution in [-0.2, 0) is 13.2 Å². The molecule has 0 aliphatic carbocycles. The van der Waals surface area contributed by atoms with Crippen molar-refractivity contribution in [1.82, 2.24) is 14.9 Å². The van der Waals surface area contributed by atoms with Gasteiger partial charge in [0.1, 0.15) is 18.1 Å². The quantitative estimate of drug-likeness (QED) is 0.355. The summed E-state index contributed by atoms with van der Waals surface area (Å²) in [6.45, 7) is 10.2. The van der Waals surface area contributed by atoms with E-state index in [0.717, 1.165) is 28.1 Å². The number of nitrogens with zero attached hydrogens (tertiary/aromatic N) is 3. The first-order valence-electron chi connectivity index (χ1n) is 11.0. The van der Waals surface area contributed by atoms with E-state index in [1.54, 1.807) is 6.92 Å². The van der Waals surface area contributed by atoms with Crippen molar-refractivity contribution in [3.05, 3.63) is 92.6 Å². The third-order valence-electron chi connectivity index (χ3n) is 5.87. The minimum absolute atomic E-state index is 0.174. The maximum atomic E-state index is 13.2. The number of carbonyl (C=O) groups is 1. The monoisotopic (exact) mass is 478 g/mol. The number of ether oxygens (including phenoxy) is 1. The van der Waals surface area contributed by atoms with E-state index in [4.69, 9.17) is 20.9 Å². The number of anilines is 1. The largest absolute Gasteiger partial charge is 0.488 e. The van der Waals surface area contributed by atoms with Gasteiger partial charge in [0.05, 0.1) is 29.2 Å². The summed E-state index contributed by atoms with van der Waals surface area (Å²) in [6.07, 6.45) is 0. The molecule has 0 radical (unpaired) electrons. The lowest BCUT2D eigenvalue weighted by Gasteiger charge is -2.12. The molecule has 0 unspecified atom stereocenters. The summed E-state index contributed by atoms with van der Waals surface area (Å²) in [4.78, 5) is 13.2. The predicted octanol–water partition coefficient (Wildman–Crippen LogP) is 5.95. The van der Waals surface area contributed by atoms with Gasteiger partial charge in [0, 0.05) is 5.02 Å². The molecule has 4 aromatic rings. The summed E-state index contributed by atoms with van der Waals surface area (Å²) in [6, 6.07) is 13.6. The number of hydrogen-bond donors (Lipinski definition) is 1. The summed E-state index contributed by atoms with van der Waals surface area (Å²) < 4.78 is 13.2. The van der Waals surface area contributed by atoms with Crippen LogP contribution in [-0.4, -0.2) is 20.8 Å². The van der Waals surface area contributed by atoms with E-state index < -0.39 is 0 Å². The number of hydrogen-bond acceptors (Lipinski definition) is 5. The summed E-state index contributed by atoms with van der Waals surface area (Å²) in [5, 5.41) is 12.2. The number of para-hydroxylation sites is 1. The van der Waals surface area contributed by atoms with Crippen molar-refractivity contribution < 1.29 is 14.1 Å². The molecule has 0 spiro atoms. The Balaban J connectivity index is 1.54. The summed E-state index contributed by atoms with van der Waals surface area (Å²) >= 11 is 6.31. The molecular weight excluding hydrogens is 452 g/mol. The number of rotatable bonds is 7. The standard InChI is InChI=1S/C26H27ClN4O3/c1-15-9-8-10-16(2)25(15)33-14-21-19(5)34-30-24(21)26(32)28-23-17(3)29-31(18(23)4)13-20-11-6-7-12-22(20)27/h6-12H,13-14H2,1-5H3,(H,28,32). The van der Waals surface area contributed by atoms with E-state index in [9.17, 15) is 4.79 Å². The van der Waals surface area contributed by atoms with Crippen molar-refractivity contribution in [1.29, 1.82) is 0 Å². The molecule has 0 aliphatic rings. The Morgan fingerprint density at radius 1 is 1.06 bits per heavy atom. The Kier molecular flexibility index (Phi) is 6.75. The highest BCUT2D eigenvalue weighted by molar-refractivity contribution is 6.31. The van der Waals surface area contributed by atoms with Gasteiger partial charge in [-0.1, -0.05) is 53.2 Å². The molecule has 2 heterocycles. The first kappa shape index (κ1) is 23.6. The molecule has 8 heteroatoms. The molecule has 1 N–H and O–H groups in total. The summed E-state index contributed by atoms with van der Waals surface area (Å²) in [5.41, 5.74) is 5.96. The van der Waals surface area contributed by atoms with Gasteiger partial charge >= 0.3 is 0 Å². The second-order valence-electron chi connectivity index (χ2n) is 8.32. The molecule has 1 amide bonds. The fourth-order valence-electron chi connectivity index (χ4n) is 3.90. The lowest BCUT2D eigenvalue weighted by atomic mass is 10.1. The molecule has 2 aromatic heterocycles. The van der Waals surface area contributed by atoms with Gasteiger partial charge in [0.15, 0.2) is 5.69 Å². The van der Waals surface area contributed by atoms with Gasteiger partial charge in [-0.15, -0.1) is 0 Å². The number of carbonyl (C=O) groups excluding carboxylic acids is 1. The van der Waals surface area contributed by atoms with Crippen LogP contribution in [0.15, 0.2) is 47.0 Å². The molecule has 2 aromatic carbocycles. The maximum Gasteiger partial charge on any atom is 0.278 e. The first-order valence-corrected chi connectivity index (χ1v) is 11.4. The molecule has 0 atom stereocenters. The number of benzene rings is 2. The lowest BCUT2D eigenvalue weighted by molar-refractivity contribution is 0.101. The Morgan fingerprint density at radius 3 is 2.47 bits per heavy atom. The van der Waals surface area contributed by atoms with Crippen LogP contribution in [0.4, 0.5) is 5.69 Å². The molecular formula is C26H27ClN4O3. The lowest BCUT2D eigenvalue weighted by Crippen LogP contribution is -2.16. The molecule has 176 valence electrons. The fourth-order valence-corrected chi connectivity index (χ4v) is 4.10. The number of amides is 1. The van der Waals surface area contributed by atoms with Crippen molar-refractivity contribution in [2.45, 2.75) is 47.8 Å². The molecule has 34 heavy (non-hydrogen) atoms. The number of halogens is 1. The van der Waals surface area contributed by atoms with Crippen LogP contribution in [0, 0.1) is 34.6 Å². The van der Waals surface area contributed by atoms with Gasteiger partial charge < -0.3 is 14.6 Å². The molecule has 0 fully saturated rings. The van der Waals surface area contributed by atoms with Crippen LogP contribution in [0.5, 0.6) is 5.75 Å². The zero-order valence-corrected chi connectivity index (χ0v) is 20.7. The molecule has 0 saturated carbocycles. The van der Waals surface area contributed by atoms with E-state index >= 15 is 0 Å². The molecule has 0 aliphatic heterocycles. The van der Waals surface area contributed by atoms with Crippen molar-refractivity contribution in [3.63, 3.8) is 0 Å². The number of nitrogens with one attached hydrogen (secondary N) is 1. The normalized spacial score (nSPS) is 11.0. The van der Waals surface area contributed by atoms with E-state index in [-0.39, 0.29) is 18.2 Å². The van der Waals surface area contributed by atoms with Gasteiger partial charge in [-0.05, 0) is 57.4 Å². The highest BCUT2D eigenvalue weighted by Crippen LogP contribution is 2.27. The topological polar surface area (TPSA) is 82.2 Å². The van der Waals surface area contributed by atoms with Crippen LogP contribution in [0.3, 0.4) is 0 Å². The fraction of sp³-hybridized carbons (Fsp3) is 0.269. The van der Waals surface area contributed by atoms with Gasteiger partial charge in [-0.2, -0.15) is 5.10 Å². The average Bonchev–Trinajstić information content (AvgIpc) is 3.29. The van der Waals surface area contributed by atoms with Gasteiger partial charge in [0.2, 0.25) is 0 Å². The predicted molar refractivity (Wildman–Crippen MR) is 132 cm³/mol. The molecule has 4 rings (SSSR count). The third kappa shape index (κ3) is 4.70. The Hall–Kier alpha value is -3.58. The SMILES string of the molecule is Cc1cccc(C)c1OCc1c(C(=O)Nc2c(C)nn(Cc3ccccc3Cl)c2C)noc1C. The minimum atomic E-state index is -0.375. The Labute approximate surface area is 203 Å². The van der Waals surface area contributed by atoms with Crippen LogP contribution in [0.25, 0.3) is 0 Å². The van der Waals surface area contributed by atoms with Crippen molar-refractivity contribution >= 4 is 23.2 Å². The minimum Gasteiger partial charge on any atom is -0.488 e. The van der Waals surface area contributed by atoms with Crippen molar-refractivity contribution in [3.8, 4) is 5.75 Å². The average molecular weight is 479 g/mol. The highest BCUT2D eigenvalue weighted by Gasteiger charge is 2.23. The van der Waals surface area contributed by atoms with Gasteiger partial charge in [-0.3, -0.25) is 9.48 Å². The van der Waals surface area contributed by atoms with Crippen LogP contribution in [0.1, 0.15) is 49.9 Å². The Bertz CT molecular complexity index is 1340. The van der Waals surface area contributed by atoms with Crippen LogP contribution < -0.4 is 10.1 Å². The summed E-state index contributed by atoms with van der Waals surface area (Å²) in [5.74, 6) is 0.960. The molecule has 0 bridgehead atoms. The second kappa shape index (κ2) is 9.73. The number of aromatic nitrogens is 3. The zero-order chi connectivity index (χ0) is 24.4. The van der Waals surface area contributed by atoms with Gasteiger partial charge in [-0.25, -0.2) is 0 Å². The Morgan fingerprint density at radius 2 is 1.76 bits per heavy atom. The van der Waals surface area contributed by atoms with Gasteiger partial charge in [0.25, 0.3) is 5.91 Å². The van der Waals surface area contributed by atoms with E-state index in [1.807, 2.05) is 74.8 Å². The van der Waals surface area contributed by atoms with E-state index in [2.05, 4.69) is 15.6 Å². The van der Waals surface area contributed by atoms with Crippen LogP contribution >= 0.6 is 11.6 Å². The van der Waals surface area contributed by atoms with E-state index in [1.165, 1.54) is 0 Å². The van der Waals surface area contributed by atoms with Crippen molar-refractivity contribution in [2.75, 3.05) is 5.32 Å². The van der Waals surface area contributed by atoms with E-state index in [0.29, 0.717) is 34.3 Å². The molecule has 0 saturated heterocycles. The smallest absolute Gasteiger partial charge is 0.278 e. The maximum absolute atomic E-state index is 13.2.